The van der Waals surface area contributed by atoms with Crippen LogP contribution in [0.1, 0.15) is 53.4 Å². The molecule has 22 heavy (non-hydrogen) atoms. The van der Waals surface area contributed by atoms with Gasteiger partial charge >= 0.3 is 0 Å². The van der Waals surface area contributed by atoms with E-state index in [0.717, 1.165) is 12.5 Å². The number of allylic oxidation sites excluding steroid dienone is 7. The van der Waals surface area contributed by atoms with Crippen LogP contribution >= 0.6 is 0 Å². The lowest BCUT2D eigenvalue weighted by atomic mass is 9.62. The molecule has 1 saturated carbocycles. The SMILES string of the molecule is CCOC1=CC[C@@H]2C[C@@]23/C=C\C2=C(C)CC[C@@H](/C=C/13)C2(C)C. The zero-order chi connectivity index (χ0) is 15.5. The molecule has 118 valence electrons. The van der Waals surface area contributed by atoms with E-state index in [2.05, 4.69) is 52.0 Å². The average Bonchev–Trinajstić information content (AvgIpc) is 3.18. The summed E-state index contributed by atoms with van der Waals surface area (Å²) in [4.78, 5) is 0. The van der Waals surface area contributed by atoms with Crippen LogP contribution in [0.25, 0.3) is 0 Å². The highest BCUT2D eigenvalue weighted by Gasteiger charge is 2.58. The van der Waals surface area contributed by atoms with Gasteiger partial charge in [-0.25, -0.2) is 0 Å². The molecule has 0 saturated heterocycles. The van der Waals surface area contributed by atoms with Crippen molar-refractivity contribution >= 4 is 0 Å². The fourth-order valence-corrected chi connectivity index (χ4v) is 5.08. The van der Waals surface area contributed by atoms with Gasteiger partial charge in [0.05, 0.1) is 6.61 Å². The summed E-state index contributed by atoms with van der Waals surface area (Å²) in [5, 5.41) is 0. The van der Waals surface area contributed by atoms with Gasteiger partial charge in [0.1, 0.15) is 5.76 Å². The summed E-state index contributed by atoms with van der Waals surface area (Å²) in [5.41, 5.74) is 5.22. The van der Waals surface area contributed by atoms with Crippen LogP contribution in [0.2, 0.25) is 0 Å². The predicted octanol–water partition coefficient (Wildman–Crippen LogP) is 5.57. The van der Waals surface area contributed by atoms with Crippen molar-refractivity contribution in [2.24, 2.45) is 22.7 Å². The summed E-state index contributed by atoms with van der Waals surface area (Å²) in [6, 6.07) is 0. The molecule has 0 radical (unpaired) electrons. The van der Waals surface area contributed by atoms with E-state index in [1.165, 1.54) is 37.0 Å². The molecule has 1 nitrogen and oxygen atoms in total. The van der Waals surface area contributed by atoms with E-state index in [1.807, 2.05) is 0 Å². The van der Waals surface area contributed by atoms with Crippen molar-refractivity contribution in [3.63, 3.8) is 0 Å². The van der Waals surface area contributed by atoms with E-state index in [1.54, 1.807) is 11.1 Å². The van der Waals surface area contributed by atoms with E-state index >= 15 is 0 Å². The Hall–Kier alpha value is -1.24. The molecular formula is C21H28O. The topological polar surface area (TPSA) is 9.23 Å². The van der Waals surface area contributed by atoms with Crippen LogP contribution in [0.15, 0.2) is 46.8 Å². The van der Waals surface area contributed by atoms with Gasteiger partial charge in [-0.1, -0.05) is 37.6 Å². The Morgan fingerprint density at radius 3 is 2.91 bits per heavy atom. The minimum absolute atomic E-state index is 0.243. The van der Waals surface area contributed by atoms with Gasteiger partial charge in [0, 0.05) is 11.0 Å². The van der Waals surface area contributed by atoms with Gasteiger partial charge in [-0.2, -0.15) is 0 Å². The molecule has 1 spiro atoms. The van der Waals surface area contributed by atoms with Gasteiger partial charge in [0.2, 0.25) is 0 Å². The fraction of sp³-hybridized carbons (Fsp3) is 0.619. The molecule has 4 aliphatic rings. The quantitative estimate of drug-likeness (QED) is 0.647. The van der Waals surface area contributed by atoms with E-state index in [4.69, 9.17) is 4.74 Å². The van der Waals surface area contributed by atoms with Crippen molar-refractivity contribution in [1.29, 1.82) is 0 Å². The molecule has 0 aromatic rings. The molecule has 1 fully saturated rings. The Labute approximate surface area is 134 Å². The first-order valence-electron chi connectivity index (χ1n) is 8.94. The number of hydrogen-bond donors (Lipinski definition) is 0. The molecule has 0 amide bonds. The summed E-state index contributed by atoms with van der Waals surface area (Å²) >= 11 is 0. The maximum absolute atomic E-state index is 6.01. The van der Waals surface area contributed by atoms with Crippen molar-refractivity contribution in [1.82, 2.24) is 0 Å². The summed E-state index contributed by atoms with van der Waals surface area (Å²) in [5.74, 6) is 2.61. The third kappa shape index (κ3) is 1.84. The van der Waals surface area contributed by atoms with Crippen LogP contribution in [0.5, 0.6) is 0 Å². The largest absolute Gasteiger partial charge is 0.494 e. The Morgan fingerprint density at radius 1 is 1.32 bits per heavy atom. The third-order valence-electron chi connectivity index (χ3n) is 6.63. The lowest BCUT2D eigenvalue weighted by molar-refractivity contribution is 0.222. The lowest BCUT2D eigenvalue weighted by Gasteiger charge is -2.42. The lowest BCUT2D eigenvalue weighted by Crippen LogP contribution is -2.31. The smallest absolute Gasteiger partial charge is 0.119 e. The van der Waals surface area contributed by atoms with Crippen LogP contribution in [-0.2, 0) is 4.74 Å². The Bertz CT molecular complexity index is 628. The molecule has 0 heterocycles. The summed E-state index contributed by atoms with van der Waals surface area (Å²) in [7, 11) is 0. The number of fused-ring (bicyclic) bond motifs is 2. The maximum atomic E-state index is 6.01. The minimum Gasteiger partial charge on any atom is -0.494 e. The van der Waals surface area contributed by atoms with Crippen molar-refractivity contribution in [2.75, 3.05) is 6.61 Å². The molecule has 2 bridgehead atoms. The highest BCUT2D eigenvalue weighted by molar-refractivity contribution is 5.51. The van der Waals surface area contributed by atoms with Crippen molar-refractivity contribution in [3.8, 4) is 0 Å². The second-order valence-corrected chi connectivity index (χ2v) is 8.15. The Balaban J connectivity index is 1.86. The van der Waals surface area contributed by atoms with Crippen molar-refractivity contribution in [3.05, 3.63) is 46.8 Å². The second kappa shape index (κ2) is 4.63. The third-order valence-corrected chi connectivity index (χ3v) is 6.63. The Kier molecular flexibility index (Phi) is 3.02. The van der Waals surface area contributed by atoms with E-state index in [0.29, 0.717) is 5.92 Å². The molecule has 3 atom stereocenters. The van der Waals surface area contributed by atoms with Crippen LogP contribution in [0, 0.1) is 22.7 Å². The van der Waals surface area contributed by atoms with Gasteiger partial charge in [-0.3, -0.25) is 0 Å². The maximum Gasteiger partial charge on any atom is 0.119 e. The fourth-order valence-electron chi connectivity index (χ4n) is 5.08. The standard InChI is InChI=1S/C21H28O/c1-5-22-19-9-8-16-13-21(16)11-10-17-14(2)6-7-15(12-18(19)21)20(17,3)4/h9-12,15-16H,5-8,13H2,1-4H3/b11-10-,18-12-/t15-,16+,21-/m0/s1. The monoisotopic (exact) mass is 296 g/mol. The van der Waals surface area contributed by atoms with E-state index < -0.39 is 0 Å². The molecule has 0 aliphatic heterocycles. The predicted molar refractivity (Wildman–Crippen MR) is 91.3 cm³/mol. The summed E-state index contributed by atoms with van der Waals surface area (Å²) in [6.07, 6.45) is 14.9. The highest BCUT2D eigenvalue weighted by atomic mass is 16.5. The van der Waals surface area contributed by atoms with Crippen LogP contribution in [0.3, 0.4) is 0 Å². The molecule has 0 aromatic heterocycles. The van der Waals surface area contributed by atoms with Gasteiger partial charge in [0.25, 0.3) is 0 Å². The molecule has 4 aliphatic carbocycles. The number of hydrogen-bond acceptors (Lipinski definition) is 1. The van der Waals surface area contributed by atoms with Crippen molar-refractivity contribution < 1.29 is 4.74 Å². The van der Waals surface area contributed by atoms with Crippen LogP contribution < -0.4 is 0 Å². The molecule has 0 unspecified atom stereocenters. The van der Waals surface area contributed by atoms with E-state index in [9.17, 15) is 0 Å². The second-order valence-electron chi connectivity index (χ2n) is 8.15. The minimum atomic E-state index is 0.243. The number of rotatable bonds is 2. The summed E-state index contributed by atoms with van der Waals surface area (Å²) < 4.78 is 6.01. The molecule has 1 heteroatoms. The highest BCUT2D eigenvalue weighted by Crippen LogP contribution is 2.66. The normalized spacial score (nSPS) is 42.0. The zero-order valence-corrected chi connectivity index (χ0v) is 14.4. The zero-order valence-electron chi connectivity index (χ0n) is 14.4. The van der Waals surface area contributed by atoms with Gasteiger partial charge in [-0.15, -0.1) is 0 Å². The molecule has 0 N–H and O–H groups in total. The molecule has 0 aromatic carbocycles. The first-order chi connectivity index (χ1) is 10.5. The first-order valence-corrected chi connectivity index (χ1v) is 8.94. The average molecular weight is 296 g/mol. The van der Waals surface area contributed by atoms with E-state index in [-0.39, 0.29) is 10.8 Å². The van der Waals surface area contributed by atoms with Gasteiger partial charge in [-0.05, 0) is 68.4 Å². The molecule has 4 rings (SSSR count). The molecular weight excluding hydrogens is 268 g/mol. The van der Waals surface area contributed by atoms with Crippen molar-refractivity contribution in [2.45, 2.75) is 53.4 Å². The first kappa shape index (κ1) is 14.4. The summed E-state index contributed by atoms with van der Waals surface area (Å²) in [6.45, 7) is 10.0. The van der Waals surface area contributed by atoms with Crippen LogP contribution in [0.4, 0.5) is 0 Å². The van der Waals surface area contributed by atoms with Gasteiger partial charge < -0.3 is 4.74 Å². The number of ether oxygens (including phenoxy) is 1. The van der Waals surface area contributed by atoms with Gasteiger partial charge in [0.15, 0.2) is 0 Å². The Morgan fingerprint density at radius 2 is 2.14 bits per heavy atom. The van der Waals surface area contributed by atoms with Crippen LogP contribution in [-0.4, -0.2) is 6.61 Å².